The maximum atomic E-state index is 12.9. The van der Waals surface area contributed by atoms with E-state index in [-0.39, 0.29) is 11.7 Å². The second kappa shape index (κ2) is 8.60. The fraction of sp³-hybridized carbons (Fsp3) is 0.217. The molecule has 2 N–H and O–H groups in total. The molecule has 2 aromatic carbocycles. The quantitative estimate of drug-likeness (QED) is 0.538. The van der Waals surface area contributed by atoms with Gasteiger partial charge in [0.15, 0.2) is 0 Å². The van der Waals surface area contributed by atoms with Gasteiger partial charge in [-0.1, -0.05) is 36.4 Å². The number of carbonyl (C=O) groups is 2. The van der Waals surface area contributed by atoms with Crippen molar-refractivity contribution in [2.24, 2.45) is 0 Å². The zero-order chi connectivity index (χ0) is 22.9. The van der Waals surface area contributed by atoms with Gasteiger partial charge in [0.2, 0.25) is 0 Å². The lowest BCUT2D eigenvalue weighted by atomic mass is 10.1. The van der Waals surface area contributed by atoms with E-state index in [1.165, 1.54) is 30.3 Å². The predicted molar refractivity (Wildman–Crippen MR) is 123 cm³/mol. The first-order chi connectivity index (χ1) is 15.3. The second-order valence-corrected chi connectivity index (χ2v) is 9.83. The van der Waals surface area contributed by atoms with Crippen LogP contribution < -0.4 is 10.6 Å². The van der Waals surface area contributed by atoms with Gasteiger partial charge in [0.25, 0.3) is 11.8 Å². The number of hydrogen-bond acceptors (Lipinski definition) is 4. The van der Waals surface area contributed by atoms with Gasteiger partial charge in [-0.15, -0.1) is 0 Å². The molecule has 9 heteroatoms. The number of nitrogens with one attached hydrogen (secondary N) is 2. The van der Waals surface area contributed by atoms with Crippen molar-refractivity contribution in [1.82, 2.24) is 18.9 Å². The first kappa shape index (κ1) is 21.8. The molecular weight excluding hydrogens is 428 g/mol. The lowest BCUT2D eigenvalue weighted by molar-refractivity contribution is -0.117. The molecule has 0 bridgehead atoms. The predicted octanol–water partition coefficient (Wildman–Crippen LogP) is 2.35. The number of carbonyl (C=O) groups excluding carboxylic acids is 2. The van der Waals surface area contributed by atoms with E-state index >= 15 is 0 Å². The standard InChI is InChI=1S/C23H24N4O4S/c1-26(2)32(30,31)27-15-17(19-10-6-7-11-21(19)27)14-20(23(29)24-18-12-13-18)25-22(28)16-8-4-3-5-9-16/h3-11,14-15,18H,12-13H2,1-2H3,(H,24,29)(H,25,28)/b20-14-. The molecule has 166 valence electrons. The van der Waals surface area contributed by atoms with E-state index in [2.05, 4.69) is 10.6 Å². The van der Waals surface area contributed by atoms with Crippen LogP contribution in [0.25, 0.3) is 17.0 Å². The van der Waals surface area contributed by atoms with E-state index in [1.807, 2.05) is 0 Å². The summed E-state index contributed by atoms with van der Waals surface area (Å²) in [6, 6.07) is 15.7. The number of fused-ring (bicyclic) bond motifs is 1. The first-order valence-corrected chi connectivity index (χ1v) is 11.6. The Morgan fingerprint density at radius 2 is 1.69 bits per heavy atom. The van der Waals surface area contributed by atoms with Crippen LogP contribution in [0.15, 0.2) is 66.5 Å². The van der Waals surface area contributed by atoms with E-state index in [0.29, 0.717) is 22.0 Å². The van der Waals surface area contributed by atoms with Crippen molar-refractivity contribution in [3.05, 3.63) is 77.6 Å². The van der Waals surface area contributed by atoms with Crippen LogP contribution in [0.5, 0.6) is 0 Å². The van der Waals surface area contributed by atoms with Crippen molar-refractivity contribution in [3.63, 3.8) is 0 Å². The van der Waals surface area contributed by atoms with Crippen LogP contribution >= 0.6 is 0 Å². The molecule has 3 aromatic rings. The zero-order valence-corrected chi connectivity index (χ0v) is 18.6. The van der Waals surface area contributed by atoms with E-state index < -0.39 is 22.0 Å². The normalized spacial score (nSPS) is 14.5. The highest BCUT2D eigenvalue weighted by Gasteiger charge is 2.26. The minimum atomic E-state index is -3.78. The molecule has 1 heterocycles. The molecule has 0 aliphatic heterocycles. The second-order valence-electron chi connectivity index (χ2n) is 7.81. The first-order valence-electron chi connectivity index (χ1n) is 10.2. The Morgan fingerprint density at radius 3 is 2.34 bits per heavy atom. The van der Waals surface area contributed by atoms with Gasteiger partial charge in [0.05, 0.1) is 5.52 Å². The molecule has 1 aromatic heterocycles. The highest BCUT2D eigenvalue weighted by Crippen LogP contribution is 2.26. The third kappa shape index (κ3) is 4.44. The summed E-state index contributed by atoms with van der Waals surface area (Å²) in [6.07, 6.45) is 4.76. The van der Waals surface area contributed by atoms with Gasteiger partial charge in [0.1, 0.15) is 5.70 Å². The fourth-order valence-corrected chi connectivity index (χ4v) is 4.25. The summed E-state index contributed by atoms with van der Waals surface area (Å²) in [5.74, 6) is -0.837. The Bertz CT molecular complexity index is 1310. The average molecular weight is 453 g/mol. The molecule has 0 spiro atoms. The Balaban J connectivity index is 1.79. The zero-order valence-electron chi connectivity index (χ0n) is 17.8. The maximum absolute atomic E-state index is 12.9. The molecule has 0 unspecified atom stereocenters. The van der Waals surface area contributed by atoms with Crippen LogP contribution in [-0.2, 0) is 15.0 Å². The summed E-state index contributed by atoms with van der Waals surface area (Å²) in [4.78, 5) is 25.6. The number of amides is 2. The highest BCUT2D eigenvalue weighted by molar-refractivity contribution is 7.87. The molecule has 0 radical (unpaired) electrons. The summed E-state index contributed by atoms with van der Waals surface area (Å²) in [6.45, 7) is 0. The Kier molecular flexibility index (Phi) is 5.86. The lowest BCUT2D eigenvalue weighted by Crippen LogP contribution is -2.35. The average Bonchev–Trinajstić information content (AvgIpc) is 3.52. The van der Waals surface area contributed by atoms with Gasteiger partial charge in [-0.2, -0.15) is 12.7 Å². The minimum Gasteiger partial charge on any atom is -0.348 e. The third-order valence-corrected chi connectivity index (χ3v) is 6.88. The Labute approximate surface area is 186 Å². The summed E-state index contributed by atoms with van der Waals surface area (Å²) in [5.41, 5.74) is 1.44. The van der Waals surface area contributed by atoms with Crippen molar-refractivity contribution in [3.8, 4) is 0 Å². The smallest absolute Gasteiger partial charge is 0.307 e. The molecule has 1 saturated carbocycles. The van der Waals surface area contributed by atoms with Crippen molar-refractivity contribution in [2.75, 3.05) is 14.1 Å². The molecule has 32 heavy (non-hydrogen) atoms. The SMILES string of the molecule is CN(C)S(=O)(=O)n1cc(/C=C(\NC(=O)c2ccccc2)C(=O)NC2CC2)c2ccccc21. The Hall–Kier alpha value is -3.43. The van der Waals surface area contributed by atoms with Gasteiger partial charge in [-0.05, 0) is 37.1 Å². The van der Waals surface area contributed by atoms with Crippen LogP contribution in [0, 0.1) is 0 Å². The minimum absolute atomic E-state index is 0.0518. The summed E-state index contributed by atoms with van der Waals surface area (Å²) >= 11 is 0. The van der Waals surface area contributed by atoms with Crippen molar-refractivity contribution in [2.45, 2.75) is 18.9 Å². The topological polar surface area (TPSA) is 101 Å². The van der Waals surface area contributed by atoms with E-state index in [0.717, 1.165) is 17.1 Å². The highest BCUT2D eigenvalue weighted by atomic mass is 32.2. The number of hydrogen-bond donors (Lipinski definition) is 2. The molecule has 0 atom stereocenters. The molecule has 1 aliphatic rings. The van der Waals surface area contributed by atoms with Gasteiger partial charge >= 0.3 is 10.2 Å². The van der Waals surface area contributed by atoms with Crippen LogP contribution in [0.1, 0.15) is 28.8 Å². The van der Waals surface area contributed by atoms with Crippen molar-refractivity contribution in [1.29, 1.82) is 0 Å². The molecule has 2 amide bonds. The van der Waals surface area contributed by atoms with E-state index in [1.54, 1.807) is 54.6 Å². The number of benzene rings is 2. The van der Waals surface area contributed by atoms with Gasteiger partial charge in [-0.3, -0.25) is 9.59 Å². The molecular formula is C23H24N4O4S. The maximum Gasteiger partial charge on any atom is 0.307 e. The molecule has 8 nitrogen and oxygen atoms in total. The number of para-hydroxylation sites is 1. The summed E-state index contributed by atoms with van der Waals surface area (Å²) in [5, 5.41) is 6.21. The van der Waals surface area contributed by atoms with Crippen LogP contribution in [0.2, 0.25) is 0 Å². The van der Waals surface area contributed by atoms with E-state index in [4.69, 9.17) is 0 Å². The molecule has 4 rings (SSSR count). The summed E-state index contributed by atoms with van der Waals surface area (Å²) < 4.78 is 27.9. The number of aromatic nitrogens is 1. The van der Waals surface area contributed by atoms with Crippen LogP contribution in [-0.4, -0.2) is 48.6 Å². The van der Waals surface area contributed by atoms with Gasteiger partial charge < -0.3 is 10.6 Å². The molecule has 0 saturated heterocycles. The fourth-order valence-electron chi connectivity index (χ4n) is 3.25. The lowest BCUT2D eigenvalue weighted by Gasteiger charge is -2.13. The summed E-state index contributed by atoms with van der Waals surface area (Å²) in [7, 11) is -0.876. The largest absolute Gasteiger partial charge is 0.348 e. The van der Waals surface area contributed by atoms with Gasteiger partial charge in [0, 0.05) is 42.8 Å². The van der Waals surface area contributed by atoms with Crippen LogP contribution in [0.4, 0.5) is 0 Å². The number of rotatable bonds is 7. The van der Waals surface area contributed by atoms with Crippen LogP contribution in [0.3, 0.4) is 0 Å². The molecule has 1 fully saturated rings. The van der Waals surface area contributed by atoms with Crippen molar-refractivity contribution >= 4 is 39.0 Å². The third-order valence-electron chi connectivity index (χ3n) is 5.16. The van der Waals surface area contributed by atoms with E-state index in [9.17, 15) is 18.0 Å². The monoisotopic (exact) mass is 452 g/mol. The Morgan fingerprint density at radius 1 is 1.03 bits per heavy atom. The van der Waals surface area contributed by atoms with Crippen molar-refractivity contribution < 1.29 is 18.0 Å². The molecule has 1 aliphatic carbocycles. The number of nitrogens with zero attached hydrogens (tertiary/aromatic N) is 2. The van der Waals surface area contributed by atoms with Gasteiger partial charge in [-0.25, -0.2) is 3.97 Å².